The Labute approximate surface area is 122 Å². The van der Waals surface area contributed by atoms with Gasteiger partial charge in [0.2, 0.25) is 0 Å². The van der Waals surface area contributed by atoms with Crippen molar-refractivity contribution < 1.29 is 19.4 Å². The van der Waals surface area contributed by atoms with Crippen molar-refractivity contribution >= 4 is 18.0 Å². The number of rotatable bonds is 4. The molecule has 2 aromatic rings. The summed E-state index contributed by atoms with van der Waals surface area (Å²) in [6.07, 6.45) is 2.95. The van der Waals surface area contributed by atoms with Gasteiger partial charge in [-0.2, -0.15) is 0 Å². The van der Waals surface area contributed by atoms with Crippen LogP contribution in [0.1, 0.15) is 21.5 Å². The molecule has 4 nitrogen and oxygen atoms in total. The zero-order valence-corrected chi connectivity index (χ0v) is 11.4. The van der Waals surface area contributed by atoms with Crippen LogP contribution in [0.25, 0.3) is 6.08 Å². The molecule has 21 heavy (non-hydrogen) atoms. The zero-order valence-electron chi connectivity index (χ0n) is 11.4. The van der Waals surface area contributed by atoms with E-state index in [4.69, 9.17) is 9.84 Å². The van der Waals surface area contributed by atoms with Gasteiger partial charge in [0, 0.05) is 6.08 Å². The molecule has 0 aromatic heterocycles. The van der Waals surface area contributed by atoms with Gasteiger partial charge in [-0.1, -0.05) is 35.9 Å². The van der Waals surface area contributed by atoms with Crippen molar-refractivity contribution in [2.75, 3.05) is 0 Å². The van der Waals surface area contributed by atoms with Gasteiger partial charge in [-0.25, -0.2) is 9.59 Å². The molecule has 0 spiro atoms. The van der Waals surface area contributed by atoms with E-state index < -0.39 is 11.9 Å². The fraction of sp³-hybridized carbons (Fsp3) is 0.0588. The third-order valence-corrected chi connectivity index (χ3v) is 2.79. The molecule has 0 atom stereocenters. The minimum atomic E-state index is -1.07. The summed E-state index contributed by atoms with van der Waals surface area (Å²) in [6.45, 7) is 1.98. The molecule has 4 heteroatoms. The Balaban J connectivity index is 2.03. The zero-order chi connectivity index (χ0) is 15.2. The molecule has 0 aliphatic carbocycles. The number of hydrogen-bond donors (Lipinski definition) is 1. The number of carboxylic acids is 1. The Kier molecular flexibility index (Phi) is 4.51. The van der Waals surface area contributed by atoms with Crippen LogP contribution in [0, 0.1) is 6.92 Å². The van der Waals surface area contributed by atoms with Crippen LogP contribution < -0.4 is 4.74 Å². The van der Waals surface area contributed by atoms with Gasteiger partial charge in [0.1, 0.15) is 5.75 Å². The number of esters is 1. The first kappa shape index (κ1) is 14.5. The summed E-state index contributed by atoms with van der Waals surface area (Å²) >= 11 is 0. The third-order valence-electron chi connectivity index (χ3n) is 2.79. The number of carbonyl (C=O) groups is 2. The van der Waals surface area contributed by atoms with Crippen molar-refractivity contribution in [2.45, 2.75) is 6.92 Å². The topological polar surface area (TPSA) is 63.6 Å². The molecule has 0 bridgehead atoms. The van der Waals surface area contributed by atoms with E-state index in [1.54, 1.807) is 6.08 Å². The van der Waals surface area contributed by atoms with E-state index in [-0.39, 0.29) is 11.3 Å². The second-order valence-corrected chi connectivity index (χ2v) is 4.50. The maximum absolute atomic E-state index is 11.7. The molecular formula is C17H14O4. The first-order valence-electron chi connectivity index (χ1n) is 6.34. The van der Waals surface area contributed by atoms with E-state index in [1.807, 2.05) is 31.2 Å². The van der Waals surface area contributed by atoms with Crippen molar-refractivity contribution in [1.82, 2.24) is 0 Å². The monoisotopic (exact) mass is 282 g/mol. The van der Waals surface area contributed by atoms with Gasteiger partial charge < -0.3 is 9.84 Å². The molecule has 0 heterocycles. The standard InChI is InChI=1S/C17H14O4/c1-12-5-7-13(8-6-12)9-10-16(18)21-15-4-2-3-14(11-15)17(19)20/h2-11H,1H3,(H,19,20)/b10-9+. The van der Waals surface area contributed by atoms with Crippen LogP contribution in [0.4, 0.5) is 0 Å². The summed E-state index contributed by atoms with van der Waals surface area (Å²) in [5.41, 5.74) is 2.10. The van der Waals surface area contributed by atoms with Crippen LogP contribution in [0.2, 0.25) is 0 Å². The van der Waals surface area contributed by atoms with Crippen molar-refractivity contribution in [3.8, 4) is 5.75 Å². The number of carboxylic acid groups (broad SMARTS) is 1. The molecular weight excluding hydrogens is 268 g/mol. The van der Waals surface area contributed by atoms with Crippen LogP contribution in [-0.2, 0) is 4.79 Å². The van der Waals surface area contributed by atoms with E-state index in [1.165, 1.54) is 30.3 Å². The molecule has 0 aliphatic heterocycles. The van der Waals surface area contributed by atoms with Gasteiger partial charge in [-0.05, 0) is 36.8 Å². The van der Waals surface area contributed by atoms with Gasteiger partial charge >= 0.3 is 11.9 Å². The Morgan fingerprint density at radius 3 is 2.48 bits per heavy atom. The molecule has 2 rings (SSSR count). The SMILES string of the molecule is Cc1ccc(/C=C/C(=O)Oc2cccc(C(=O)O)c2)cc1. The quantitative estimate of drug-likeness (QED) is 0.531. The first-order chi connectivity index (χ1) is 10.0. The summed E-state index contributed by atoms with van der Waals surface area (Å²) in [6, 6.07) is 13.5. The Bertz CT molecular complexity index is 684. The number of aromatic carboxylic acids is 1. The highest BCUT2D eigenvalue weighted by molar-refractivity contribution is 5.90. The van der Waals surface area contributed by atoms with Gasteiger partial charge in [0.15, 0.2) is 0 Å². The Morgan fingerprint density at radius 1 is 1.10 bits per heavy atom. The molecule has 0 aliphatic rings. The minimum absolute atomic E-state index is 0.0721. The molecule has 0 saturated carbocycles. The van der Waals surface area contributed by atoms with Gasteiger partial charge in [0.25, 0.3) is 0 Å². The molecule has 0 unspecified atom stereocenters. The molecule has 1 N–H and O–H groups in total. The van der Waals surface area contributed by atoms with Crippen molar-refractivity contribution in [3.63, 3.8) is 0 Å². The number of benzene rings is 2. The third kappa shape index (κ3) is 4.31. The van der Waals surface area contributed by atoms with Crippen molar-refractivity contribution in [1.29, 1.82) is 0 Å². The number of carbonyl (C=O) groups excluding carboxylic acids is 1. The molecule has 0 amide bonds. The van der Waals surface area contributed by atoms with E-state index in [2.05, 4.69) is 0 Å². The molecule has 0 saturated heterocycles. The first-order valence-corrected chi connectivity index (χ1v) is 6.34. The number of hydrogen-bond acceptors (Lipinski definition) is 3. The van der Waals surface area contributed by atoms with E-state index in [0.717, 1.165) is 11.1 Å². The Morgan fingerprint density at radius 2 is 1.81 bits per heavy atom. The van der Waals surface area contributed by atoms with Gasteiger partial charge in [0.05, 0.1) is 5.56 Å². The lowest BCUT2D eigenvalue weighted by atomic mass is 10.1. The van der Waals surface area contributed by atoms with Gasteiger partial charge in [-0.15, -0.1) is 0 Å². The lowest BCUT2D eigenvalue weighted by Crippen LogP contribution is -2.05. The minimum Gasteiger partial charge on any atom is -0.478 e. The lowest BCUT2D eigenvalue weighted by Gasteiger charge is -2.02. The molecule has 0 fully saturated rings. The van der Waals surface area contributed by atoms with Crippen LogP contribution in [0.3, 0.4) is 0 Å². The summed E-state index contributed by atoms with van der Waals surface area (Å²) < 4.78 is 5.06. The highest BCUT2D eigenvalue weighted by Gasteiger charge is 2.06. The fourth-order valence-corrected chi connectivity index (χ4v) is 1.68. The van der Waals surface area contributed by atoms with Crippen LogP contribution in [-0.4, -0.2) is 17.0 Å². The smallest absolute Gasteiger partial charge is 0.336 e. The Hall–Kier alpha value is -2.88. The average molecular weight is 282 g/mol. The van der Waals surface area contributed by atoms with Crippen LogP contribution >= 0.6 is 0 Å². The number of aryl methyl sites for hydroxylation is 1. The van der Waals surface area contributed by atoms with E-state index in [9.17, 15) is 9.59 Å². The summed E-state index contributed by atoms with van der Waals surface area (Å²) in [5, 5.41) is 8.86. The second-order valence-electron chi connectivity index (χ2n) is 4.50. The molecule has 2 aromatic carbocycles. The van der Waals surface area contributed by atoms with Crippen molar-refractivity contribution in [2.24, 2.45) is 0 Å². The average Bonchev–Trinajstić information content (AvgIpc) is 2.47. The van der Waals surface area contributed by atoms with Crippen LogP contribution in [0.5, 0.6) is 5.75 Å². The fourth-order valence-electron chi connectivity index (χ4n) is 1.68. The summed E-state index contributed by atoms with van der Waals surface area (Å²) in [4.78, 5) is 22.5. The summed E-state index contributed by atoms with van der Waals surface area (Å²) in [5.74, 6) is -1.42. The van der Waals surface area contributed by atoms with E-state index >= 15 is 0 Å². The second kappa shape index (κ2) is 6.52. The summed E-state index contributed by atoms with van der Waals surface area (Å²) in [7, 11) is 0. The maximum Gasteiger partial charge on any atom is 0.336 e. The highest BCUT2D eigenvalue weighted by atomic mass is 16.5. The van der Waals surface area contributed by atoms with Gasteiger partial charge in [-0.3, -0.25) is 0 Å². The maximum atomic E-state index is 11.7. The van der Waals surface area contributed by atoms with E-state index in [0.29, 0.717) is 0 Å². The van der Waals surface area contributed by atoms with Crippen LogP contribution in [0.15, 0.2) is 54.6 Å². The normalized spacial score (nSPS) is 10.5. The predicted molar refractivity (Wildman–Crippen MR) is 79.2 cm³/mol. The van der Waals surface area contributed by atoms with Crippen molar-refractivity contribution in [3.05, 3.63) is 71.3 Å². The largest absolute Gasteiger partial charge is 0.478 e. The molecule has 106 valence electrons. The lowest BCUT2D eigenvalue weighted by molar-refractivity contribution is -0.128. The molecule has 0 radical (unpaired) electrons. The number of ether oxygens (including phenoxy) is 1. The highest BCUT2D eigenvalue weighted by Crippen LogP contribution is 2.14. The predicted octanol–water partition coefficient (Wildman–Crippen LogP) is 3.31.